The van der Waals surface area contributed by atoms with Gasteiger partial charge >= 0.3 is 5.97 Å². The zero-order valence-electron chi connectivity index (χ0n) is 20.4. The maximum absolute atomic E-state index is 13.7. The van der Waals surface area contributed by atoms with Gasteiger partial charge in [0.1, 0.15) is 6.04 Å². The zero-order chi connectivity index (χ0) is 24.9. The summed E-state index contributed by atoms with van der Waals surface area (Å²) in [6.45, 7) is 4.20. The molecule has 2 N–H and O–H groups in total. The van der Waals surface area contributed by atoms with E-state index < -0.39 is 23.8 Å². The van der Waals surface area contributed by atoms with Crippen LogP contribution < -0.4 is 5.32 Å². The Morgan fingerprint density at radius 2 is 1.86 bits per heavy atom. The number of anilines is 1. The normalized spacial score (nSPS) is 25.5. The summed E-state index contributed by atoms with van der Waals surface area (Å²) in [4.78, 5) is 41.9. The highest BCUT2D eigenvalue weighted by molar-refractivity contribution is 6.02. The van der Waals surface area contributed by atoms with Crippen molar-refractivity contribution < 1.29 is 24.2 Å². The number of aliphatic hydroxyl groups is 1. The van der Waals surface area contributed by atoms with Crippen LogP contribution in [0.5, 0.6) is 0 Å². The molecule has 0 spiro atoms. The van der Waals surface area contributed by atoms with E-state index >= 15 is 0 Å². The summed E-state index contributed by atoms with van der Waals surface area (Å²) < 4.78 is 5.38. The number of hydrogen-bond donors (Lipinski definition) is 2. The first-order chi connectivity index (χ1) is 17.0. The Hall–Kier alpha value is -3.19. The number of esters is 1. The van der Waals surface area contributed by atoms with Gasteiger partial charge in [0, 0.05) is 24.8 Å². The fourth-order valence-electron chi connectivity index (χ4n) is 5.63. The van der Waals surface area contributed by atoms with Crippen LogP contribution >= 0.6 is 0 Å². The number of carbonyl (C=O) groups is 3. The SMILES string of the molecule is CCC[C@@H]1C=C[C@H]2[C@H](C(=O)N(CCCO)[C@@H]2C(=O)Nc2ccc3ccccc3c2)[C@@H]1C(=O)OCC. The maximum Gasteiger partial charge on any atom is 0.310 e. The number of ether oxygens (including phenoxy) is 1. The van der Waals surface area contributed by atoms with Gasteiger partial charge in [-0.15, -0.1) is 0 Å². The van der Waals surface area contributed by atoms with E-state index in [4.69, 9.17) is 4.74 Å². The molecule has 35 heavy (non-hydrogen) atoms. The highest BCUT2D eigenvalue weighted by Gasteiger charge is 2.57. The second kappa shape index (κ2) is 11.0. The molecule has 2 aromatic carbocycles. The van der Waals surface area contributed by atoms with Gasteiger partial charge in [-0.3, -0.25) is 14.4 Å². The number of aliphatic hydroxyl groups excluding tert-OH is 1. The fourth-order valence-corrected chi connectivity index (χ4v) is 5.63. The minimum Gasteiger partial charge on any atom is -0.466 e. The Bertz CT molecular complexity index is 1110. The van der Waals surface area contributed by atoms with E-state index in [-0.39, 0.29) is 43.5 Å². The molecule has 4 rings (SSSR count). The molecule has 0 aromatic heterocycles. The van der Waals surface area contributed by atoms with Crippen molar-refractivity contribution in [3.05, 3.63) is 54.6 Å². The number of likely N-dealkylation sites (tertiary alicyclic amines) is 1. The van der Waals surface area contributed by atoms with Crippen LogP contribution in [0.3, 0.4) is 0 Å². The molecule has 0 radical (unpaired) electrons. The molecule has 5 atom stereocenters. The summed E-state index contributed by atoms with van der Waals surface area (Å²) in [7, 11) is 0. The Labute approximate surface area is 206 Å². The van der Waals surface area contributed by atoms with Crippen LogP contribution in [0, 0.1) is 23.7 Å². The Kier molecular flexibility index (Phi) is 7.86. The van der Waals surface area contributed by atoms with Crippen molar-refractivity contribution >= 4 is 34.2 Å². The predicted octanol–water partition coefficient (Wildman–Crippen LogP) is 3.77. The van der Waals surface area contributed by atoms with Gasteiger partial charge in [-0.05, 0) is 48.6 Å². The quantitative estimate of drug-likeness (QED) is 0.423. The molecule has 1 aliphatic heterocycles. The molecule has 0 unspecified atom stereocenters. The van der Waals surface area contributed by atoms with Gasteiger partial charge in [-0.1, -0.05) is 55.8 Å². The van der Waals surface area contributed by atoms with Crippen LogP contribution in [-0.4, -0.2) is 53.6 Å². The van der Waals surface area contributed by atoms with E-state index in [1.165, 1.54) is 0 Å². The van der Waals surface area contributed by atoms with Crippen molar-refractivity contribution in [2.24, 2.45) is 23.7 Å². The predicted molar refractivity (Wildman–Crippen MR) is 134 cm³/mol. The number of rotatable bonds is 9. The molecule has 1 aliphatic carbocycles. The molecule has 7 heteroatoms. The van der Waals surface area contributed by atoms with Crippen LogP contribution in [-0.2, 0) is 19.1 Å². The summed E-state index contributed by atoms with van der Waals surface area (Å²) >= 11 is 0. The van der Waals surface area contributed by atoms with E-state index in [0.29, 0.717) is 12.1 Å². The highest BCUT2D eigenvalue weighted by atomic mass is 16.5. The van der Waals surface area contributed by atoms with Crippen LogP contribution in [0.15, 0.2) is 54.6 Å². The number of allylic oxidation sites excluding steroid dienone is 1. The van der Waals surface area contributed by atoms with Crippen molar-refractivity contribution in [2.75, 3.05) is 25.1 Å². The standard InChI is InChI=1S/C28H34N2O5/c1-3-8-19-12-14-22-24(23(19)28(34)35-4-2)27(33)30(15-7-16-31)25(22)26(32)29-21-13-11-18-9-5-6-10-20(18)17-21/h5-6,9-14,17,19,22-25,31H,3-4,7-8,15-16H2,1-2H3,(H,29,32)/t19-,22+,23-,24+,25+/m1/s1. The number of benzene rings is 2. The van der Waals surface area contributed by atoms with E-state index in [0.717, 1.165) is 23.6 Å². The number of amides is 2. The van der Waals surface area contributed by atoms with Crippen LogP contribution in [0.25, 0.3) is 10.8 Å². The zero-order valence-corrected chi connectivity index (χ0v) is 20.4. The molecule has 1 heterocycles. The van der Waals surface area contributed by atoms with Crippen LogP contribution in [0.4, 0.5) is 5.69 Å². The monoisotopic (exact) mass is 478 g/mol. The molecule has 2 aromatic rings. The van der Waals surface area contributed by atoms with Gasteiger partial charge in [-0.2, -0.15) is 0 Å². The summed E-state index contributed by atoms with van der Waals surface area (Å²) in [5.74, 6) is -2.70. The molecule has 7 nitrogen and oxygen atoms in total. The first kappa shape index (κ1) is 24.9. The van der Waals surface area contributed by atoms with E-state index in [2.05, 4.69) is 5.32 Å². The lowest BCUT2D eigenvalue weighted by atomic mass is 9.69. The number of nitrogens with zero attached hydrogens (tertiary/aromatic N) is 1. The summed E-state index contributed by atoms with van der Waals surface area (Å²) in [6, 6.07) is 12.8. The van der Waals surface area contributed by atoms with Gasteiger partial charge in [-0.25, -0.2) is 0 Å². The third-order valence-corrected chi connectivity index (χ3v) is 7.14. The molecule has 2 amide bonds. The number of fused-ring (bicyclic) bond motifs is 2. The Balaban J connectivity index is 1.66. The first-order valence-corrected chi connectivity index (χ1v) is 12.6. The molecule has 1 saturated heterocycles. The van der Waals surface area contributed by atoms with E-state index in [9.17, 15) is 19.5 Å². The number of nitrogens with one attached hydrogen (secondary N) is 1. The topological polar surface area (TPSA) is 95.9 Å². The van der Waals surface area contributed by atoms with Crippen molar-refractivity contribution in [1.82, 2.24) is 4.90 Å². The third kappa shape index (κ3) is 4.96. The molecule has 0 saturated carbocycles. The Morgan fingerprint density at radius 3 is 2.57 bits per heavy atom. The van der Waals surface area contributed by atoms with Crippen molar-refractivity contribution in [3.8, 4) is 0 Å². The lowest BCUT2D eigenvalue weighted by Gasteiger charge is -2.33. The highest BCUT2D eigenvalue weighted by Crippen LogP contribution is 2.45. The molecule has 0 bridgehead atoms. The third-order valence-electron chi connectivity index (χ3n) is 7.14. The average Bonchev–Trinajstić information content (AvgIpc) is 3.14. The minimum absolute atomic E-state index is 0.0896. The van der Waals surface area contributed by atoms with Gasteiger partial charge in [0.05, 0.1) is 18.4 Å². The largest absolute Gasteiger partial charge is 0.466 e. The van der Waals surface area contributed by atoms with Crippen LogP contribution in [0.2, 0.25) is 0 Å². The number of hydrogen-bond acceptors (Lipinski definition) is 5. The van der Waals surface area contributed by atoms with E-state index in [1.54, 1.807) is 11.8 Å². The molecule has 1 fully saturated rings. The molecular weight excluding hydrogens is 444 g/mol. The average molecular weight is 479 g/mol. The lowest BCUT2D eigenvalue weighted by molar-refractivity contribution is -0.155. The van der Waals surface area contributed by atoms with Gasteiger partial charge in [0.25, 0.3) is 0 Å². The second-order valence-corrected chi connectivity index (χ2v) is 9.32. The van der Waals surface area contributed by atoms with E-state index in [1.807, 2.05) is 61.5 Å². The Morgan fingerprint density at radius 1 is 1.09 bits per heavy atom. The number of carbonyl (C=O) groups excluding carboxylic acids is 3. The smallest absolute Gasteiger partial charge is 0.310 e. The summed E-state index contributed by atoms with van der Waals surface area (Å²) in [5, 5.41) is 14.5. The maximum atomic E-state index is 13.7. The summed E-state index contributed by atoms with van der Waals surface area (Å²) in [6.07, 6.45) is 5.93. The van der Waals surface area contributed by atoms with Gasteiger partial charge in [0.15, 0.2) is 0 Å². The van der Waals surface area contributed by atoms with Crippen molar-refractivity contribution in [2.45, 2.75) is 39.2 Å². The fraction of sp³-hybridized carbons (Fsp3) is 0.464. The lowest BCUT2D eigenvalue weighted by Crippen LogP contribution is -2.44. The van der Waals surface area contributed by atoms with Gasteiger partial charge in [0.2, 0.25) is 11.8 Å². The molecule has 2 aliphatic rings. The van der Waals surface area contributed by atoms with Crippen molar-refractivity contribution in [1.29, 1.82) is 0 Å². The van der Waals surface area contributed by atoms with Crippen LogP contribution in [0.1, 0.15) is 33.1 Å². The summed E-state index contributed by atoms with van der Waals surface area (Å²) in [5.41, 5.74) is 0.650. The first-order valence-electron chi connectivity index (χ1n) is 12.6. The van der Waals surface area contributed by atoms with Crippen molar-refractivity contribution in [3.63, 3.8) is 0 Å². The minimum atomic E-state index is -0.763. The van der Waals surface area contributed by atoms with Gasteiger partial charge < -0.3 is 20.1 Å². The second-order valence-electron chi connectivity index (χ2n) is 9.32. The molecular formula is C28H34N2O5. The molecule has 186 valence electrons.